The van der Waals surface area contributed by atoms with E-state index in [-0.39, 0.29) is 6.54 Å². The number of hydrogen-bond donors (Lipinski definition) is 1. The molecule has 0 atom stereocenters. The number of rotatable bonds is 6. The van der Waals surface area contributed by atoms with Crippen molar-refractivity contribution in [2.45, 2.75) is 6.42 Å². The van der Waals surface area contributed by atoms with Gasteiger partial charge in [0.25, 0.3) is 11.1 Å². The third kappa shape index (κ3) is 5.22. The number of nitrogens with one attached hydrogen (secondary N) is 1. The number of thiazole rings is 1. The number of nitrogens with zero attached hydrogens (tertiary/aromatic N) is 2. The second-order valence-corrected chi connectivity index (χ2v) is 9.14. The van der Waals surface area contributed by atoms with E-state index in [2.05, 4.69) is 10.3 Å². The summed E-state index contributed by atoms with van der Waals surface area (Å²) in [6.07, 6.45) is 3.91. The number of imide groups is 1. The number of hydrogen-bond acceptors (Lipinski definition) is 6. The monoisotopic (exact) mass is 469 g/mol. The van der Waals surface area contributed by atoms with Gasteiger partial charge in [-0.05, 0) is 35.0 Å². The Hall–Kier alpha value is -2.94. The quantitative estimate of drug-likeness (QED) is 0.510. The van der Waals surface area contributed by atoms with Crippen LogP contribution in [0, 0.1) is 0 Å². The van der Waals surface area contributed by atoms with Crippen LogP contribution in [0.5, 0.6) is 0 Å². The fourth-order valence-corrected chi connectivity index (χ4v) is 4.81. The summed E-state index contributed by atoms with van der Waals surface area (Å²) in [5.41, 5.74) is 1.78. The fraction of sp³-hybridized carbons (Fsp3) is 0.0909. The van der Waals surface area contributed by atoms with Gasteiger partial charge in [-0.3, -0.25) is 19.3 Å². The van der Waals surface area contributed by atoms with Gasteiger partial charge in [0.2, 0.25) is 5.91 Å². The number of thioether (sulfide) groups is 1. The van der Waals surface area contributed by atoms with Crippen LogP contribution in [0.4, 0.5) is 9.93 Å². The summed E-state index contributed by atoms with van der Waals surface area (Å²) in [4.78, 5) is 43.6. The van der Waals surface area contributed by atoms with Crippen LogP contribution < -0.4 is 5.32 Å². The minimum Gasteiger partial charge on any atom is -0.300 e. The normalized spacial score (nSPS) is 15.0. The Balaban J connectivity index is 1.37. The summed E-state index contributed by atoms with van der Waals surface area (Å²) in [7, 11) is 0. The van der Waals surface area contributed by atoms with Crippen molar-refractivity contribution in [2.24, 2.45) is 0 Å². The molecule has 4 rings (SSSR count). The topological polar surface area (TPSA) is 79.4 Å². The molecule has 31 heavy (non-hydrogen) atoms. The highest BCUT2D eigenvalue weighted by Crippen LogP contribution is 2.32. The van der Waals surface area contributed by atoms with E-state index < -0.39 is 17.1 Å². The smallest absolute Gasteiger partial charge is 0.294 e. The molecule has 1 N–H and O–H groups in total. The van der Waals surface area contributed by atoms with Crippen molar-refractivity contribution in [3.05, 3.63) is 86.7 Å². The first-order valence-corrected chi connectivity index (χ1v) is 11.3. The molecule has 2 aromatic carbocycles. The molecule has 2 heterocycles. The Morgan fingerprint density at radius 3 is 2.61 bits per heavy atom. The van der Waals surface area contributed by atoms with Gasteiger partial charge in [0.15, 0.2) is 5.13 Å². The van der Waals surface area contributed by atoms with Crippen molar-refractivity contribution in [1.29, 1.82) is 0 Å². The fourth-order valence-electron chi connectivity index (χ4n) is 2.92. The maximum Gasteiger partial charge on any atom is 0.294 e. The average Bonchev–Trinajstić information content (AvgIpc) is 3.29. The van der Waals surface area contributed by atoms with Gasteiger partial charge in [0, 0.05) is 22.5 Å². The number of amides is 3. The molecule has 1 fully saturated rings. The van der Waals surface area contributed by atoms with Crippen LogP contribution in [0.2, 0.25) is 5.02 Å². The minimum atomic E-state index is -0.484. The summed E-state index contributed by atoms with van der Waals surface area (Å²) in [6, 6.07) is 16.8. The third-order valence-corrected chi connectivity index (χ3v) is 6.58. The summed E-state index contributed by atoms with van der Waals surface area (Å²) >= 11 is 8.33. The van der Waals surface area contributed by atoms with Gasteiger partial charge < -0.3 is 5.32 Å². The Labute approximate surface area is 191 Å². The second kappa shape index (κ2) is 9.47. The van der Waals surface area contributed by atoms with Crippen LogP contribution in [0.1, 0.15) is 16.0 Å². The molecule has 0 saturated carbocycles. The van der Waals surface area contributed by atoms with Gasteiger partial charge in [0.1, 0.15) is 6.54 Å². The molecular formula is C22H16ClN3O3S2. The predicted octanol–water partition coefficient (Wildman–Crippen LogP) is 5.06. The predicted molar refractivity (Wildman–Crippen MR) is 124 cm³/mol. The molecule has 0 spiro atoms. The van der Waals surface area contributed by atoms with E-state index in [1.807, 2.05) is 54.6 Å². The van der Waals surface area contributed by atoms with E-state index in [9.17, 15) is 14.4 Å². The average molecular weight is 470 g/mol. The molecule has 0 unspecified atom stereocenters. The molecule has 0 bridgehead atoms. The molecule has 0 radical (unpaired) electrons. The van der Waals surface area contributed by atoms with Crippen LogP contribution in [0.25, 0.3) is 6.08 Å². The maximum atomic E-state index is 12.6. The molecule has 156 valence electrons. The molecule has 0 aliphatic carbocycles. The number of halogens is 1. The Bertz CT molecular complexity index is 1180. The lowest BCUT2D eigenvalue weighted by Gasteiger charge is -2.11. The van der Waals surface area contributed by atoms with Crippen molar-refractivity contribution < 1.29 is 14.4 Å². The summed E-state index contributed by atoms with van der Waals surface area (Å²) in [5, 5.41) is 3.26. The molecular weight excluding hydrogens is 454 g/mol. The van der Waals surface area contributed by atoms with E-state index in [1.54, 1.807) is 12.3 Å². The van der Waals surface area contributed by atoms with Gasteiger partial charge >= 0.3 is 0 Å². The highest BCUT2D eigenvalue weighted by Gasteiger charge is 2.36. The number of benzene rings is 2. The van der Waals surface area contributed by atoms with E-state index >= 15 is 0 Å². The lowest BCUT2D eigenvalue weighted by atomic mass is 10.1. The third-order valence-electron chi connectivity index (χ3n) is 4.40. The van der Waals surface area contributed by atoms with E-state index in [1.165, 1.54) is 11.3 Å². The van der Waals surface area contributed by atoms with Crippen molar-refractivity contribution in [3.63, 3.8) is 0 Å². The van der Waals surface area contributed by atoms with Crippen LogP contribution in [0.15, 0.2) is 65.7 Å². The standard InChI is InChI=1S/C22H16ClN3O3S2/c23-17-9-5-4-8-15(17)11-16-12-24-21(30-16)25-19(27)13-26-20(28)18(31-22(26)29)10-14-6-2-1-3-7-14/h1-10,12H,11,13H2,(H,24,25,27)/b18-10-. The van der Waals surface area contributed by atoms with Gasteiger partial charge in [-0.25, -0.2) is 4.98 Å². The van der Waals surface area contributed by atoms with Gasteiger partial charge in [-0.1, -0.05) is 60.1 Å². The SMILES string of the molecule is O=C(CN1C(=O)S/C(=C\c2ccccc2)C1=O)Nc1ncc(Cc2ccccc2Cl)s1. The van der Waals surface area contributed by atoms with Crippen LogP contribution in [-0.2, 0) is 16.0 Å². The first-order valence-electron chi connectivity index (χ1n) is 9.28. The van der Waals surface area contributed by atoms with E-state index in [0.29, 0.717) is 21.5 Å². The van der Waals surface area contributed by atoms with E-state index in [0.717, 1.165) is 32.7 Å². The Morgan fingerprint density at radius 2 is 1.84 bits per heavy atom. The number of anilines is 1. The summed E-state index contributed by atoms with van der Waals surface area (Å²) in [6.45, 7) is -0.365. The molecule has 9 heteroatoms. The van der Waals surface area contributed by atoms with Gasteiger partial charge in [0.05, 0.1) is 4.91 Å². The zero-order valence-electron chi connectivity index (χ0n) is 16.1. The number of carbonyl (C=O) groups is 3. The van der Waals surface area contributed by atoms with Crippen LogP contribution in [-0.4, -0.2) is 33.5 Å². The lowest BCUT2D eigenvalue weighted by molar-refractivity contribution is -0.127. The van der Waals surface area contributed by atoms with Crippen LogP contribution in [0.3, 0.4) is 0 Å². The van der Waals surface area contributed by atoms with Crippen molar-refractivity contribution in [3.8, 4) is 0 Å². The molecule has 6 nitrogen and oxygen atoms in total. The molecule has 1 saturated heterocycles. The van der Waals surface area contributed by atoms with Crippen LogP contribution >= 0.6 is 34.7 Å². The minimum absolute atomic E-state index is 0.292. The number of carbonyl (C=O) groups excluding carboxylic acids is 3. The molecule has 1 aliphatic heterocycles. The number of aromatic nitrogens is 1. The zero-order valence-corrected chi connectivity index (χ0v) is 18.5. The van der Waals surface area contributed by atoms with Crippen molar-refractivity contribution in [2.75, 3.05) is 11.9 Å². The summed E-state index contributed by atoms with van der Waals surface area (Å²) < 4.78 is 0. The first kappa shape index (κ1) is 21.3. The van der Waals surface area contributed by atoms with E-state index in [4.69, 9.17) is 11.6 Å². The highest BCUT2D eigenvalue weighted by molar-refractivity contribution is 8.18. The van der Waals surface area contributed by atoms with Crippen molar-refractivity contribution in [1.82, 2.24) is 9.88 Å². The Morgan fingerprint density at radius 1 is 1.10 bits per heavy atom. The lowest BCUT2D eigenvalue weighted by Crippen LogP contribution is -2.36. The molecule has 3 amide bonds. The molecule has 1 aromatic heterocycles. The van der Waals surface area contributed by atoms with Gasteiger partial charge in [-0.15, -0.1) is 11.3 Å². The van der Waals surface area contributed by atoms with Crippen molar-refractivity contribution >= 4 is 63.0 Å². The molecule has 3 aromatic rings. The maximum absolute atomic E-state index is 12.6. The largest absolute Gasteiger partial charge is 0.300 e. The first-order chi connectivity index (χ1) is 15.0. The Kier molecular flexibility index (Phi) is 6.50. The summed E-state index contributed by atoms with van der Waals surface area (Å²) in [5.74, 6) is -0.963. The highest BCUT2D eigenvalue weighted by atomic mass is 35.5. The zero-order chi connectivity index (χ0) is 21.8. The second-order valence-electron chi connectivity index (χ2n) is 6.63. The molecule has 1 aliphatic rings. The van der Waals surface area contributed by atoms with Gasteiger partial charge in [-0.2, -0.15) is 0 Å².